The van der Waals surface area contributed by atoms with Crippen LogP contribution >= 0.6 is 11.3 Å². The monoisotopic (exact) mass is 316 g/mol. The van der Waals surface area contributed by atoms with Gasteiger partial charge >= 0.3 is 0 Å². The number of aryl methyl sites for hydroxylation is 2. The normalized spacial score (nSPS) is 18.8. The van der Waals surface area contributed by atoms with Gasteiger partial charge in [-0.05, 0) is 38.9 Å². The smallest absolute Gasteiger partial charge is 0.0798 e. The Balaban J connectivity index is 1.71. The molecule has 0 aromatic carbocycles. The van der Waals surface area contributed by atoms with E-state index in [4.69, 9.17) is 4.98 Å². The van der Waals surface area contributed by atoms with Crippen molar-refractivity contribution in [1.82, 2.24) is 14.9 Å². The van der Waals surface area contributed by atoms with Crippen molar-refractivity contribution in [2.24, 2.45) is 0 Å². The van der Waals surface area contributed by atoms with Crippen LogP contribution in [-0.4, -0.2) is 42.1 Å². The van der Waals surface area contributed by atoms with E-state index in [1.165, 1.54) is 28.4 Å². The Kier molecular flexibility index (Phi) is 4.45. The second kappa shape index (κ2) is 6.34. The summed E-state index contributed by atoms with van der Waals surface area (Å²) in [6.45, 7) is 7.46. The Hall–Kier alpha value is -1.46. The minimum absolute atomic E-state index is 0.548. The molecule has 1 aliphatic rings. The van der Waals surface area contributed by atoms with E-state index >= 15 is 0 Å². The molecule has 0 N–H and O–H groups in total. The molecule has 0 aliphatic carbocycles. The van der Waals surface area contributed by atoms with Crippen LogP contribution in [0.3, 0.4) is 0 Å². The fourth-order valence-corrected chi connectivity index (χ4v) is 3.86. The molecule has 0 unspecified atom stereocenters. The van der Waals surface area contributed by atoms with Crippen LogP contribution in [0.2, 0.25) is 0 Å². The molecule has 5 heteroatoms. The molecule has 0 amide bonds. The van der Waals surface area contributed by atoms with E-state index in [9.17, 15) is 0 Å². The van der Waals surface area contributed by atoms with Crippen molar-refractivity contribution in [2.45, 2.75) is 32.7 Å². The van der Waals surface area contributed by atoms with Crippen molar-refractivity contribution in [3.63, 3.8) is 0 Å². The van der Waals surface area contributed by atoms with Gasteiger partial charge in [-0.25, -0.2) is 4.98 Å². The predicted octanol–water partition coefficient (Wildman–Crippen LogP) is 3.21. The van der Waals surface area contributed by atoms with Gasteiger partial charge < -0.3 is 4.90 Å². The minimum Gasteiger partial charge on any atom is -0.378 e. The zero-order valence-corrected chi connectivity index (χ0v) is 14.7. The highest BCUT2D eigenvalue weighted by Gasteiger charge is 2.26. The number of likely N-dealkylation sites (tertiary alicyclic amines) is 1. The summed E-state index contributed by atoms with van der Waals surface area (Å²) in [5, 5.41) is 0. The van der Waals surface area contributed by atoms with Gasteiger partial charge in [-0.2, -0.15) is 0 Å². The first-order valence-electron chi connectivity index (χ1n) is 7.80. The van der Waals surface area contributed by atoms with Crippen molar-refractivity contribution >= 4 is 17.0 Å². The summed E-state index contributed by atoms with van der Waals surface area (Å²) in [6, 6.07) is 4.40. The molecule has 3 rings (SSSR count). The zero-order chi connectivity index (χ0) is 15.7. The third kappa shape index (κ3) is 3.31. The average molecular weight is 316 g/mol. The van der Waals surface area contributed by atoms with Gasteiger partial charge in [0.15, 0.2) is 0 Å². The largest absolute Gasteiger partial charge is 0.378 e. The minimum atomic E-state index is 0.548. The quantitative estimate of drug-likeness (QED) is 0.867. The highest BCUT2D eigenvalue weighted by molar-refractivity contribution is 7.09. The molecule has 2 aromatic rings. The summed E-state index contributed by atoms with van der Waals surface area (Å²) in [4.78, 5) is 15.2. The van der Waals surface area contributed by atoms with Gasteiger partial charge in [0.1, 0.15) is 0 Å². The Labute approximate surface area is 136 Å². The first-order chi connectivity index (χ1) is 10.5. The molecule has 1 atom stereocenters. The summed E-state index contributed by atoms with van der Waals surface area (Å²) in [5.41, 5.74) is 6.73. The number of nitrogens with zero attached hydrogens (tertiary/aromatic N) is 4. The summed E-state index contributed by atoms with van der Waals surface area (Å²) in [6.07, 6.45) is 1.20. The molecular formula is C17H24N4S. The highest BCUT2D eigenvalue weighted by atomic mass is 32.1. The van der Waals surface area contributed by atoms with Crippen LogP contribution in [0, 0.1) is 13.8 Å². The van der Waals surface area contributed by atoms with E-state index in [1.807, 2.05) is 5.51 Å². The second-order valence-corrected chi connectivity index (χ2v) is 7.31. The molecule has 2 aromatic heterocycles. The van der Waals surface area contributed by atoms with Crippen LogP contribution in [0.1, 0.15) is 34.3 Å². The van der Waals surface area contributed by atoms with Gasteiger partial charge in [0.2, 0.25) is 0 Å². The maximum atomic E-state index is 4.78. The maximum Gasteiger partial charge on any atom is 0.0798 e. The number of hydrogen-bond donors (Lipinski definition) is 0. The van der Waals surface area contributed by atoms with Gasteiger partial charge in [0.05, 0.1) is 11.2 Å². The van der Waals surface area contributed by atoms with Crippen molar-refractivity contribution < 1.29 is 0 Å². The van der Waals surface area contributed by atoms with Crippen LogP contribution in [0.5, 0.6) is 0 Å². The van der Waals surface area contributed by atoms with Crippen molar-refractivity contribution in [1.29, 1.82) is 0 Å². The lowest BCUT2D eigenvalue weighted by molar-refractivity contribution is 0.328. The van der Waals surface area contributed by atoms with E-state index in [2.05, 4.69) is 54.9 Å². The molecular weight excluding hydrogens is 292 g/mol. The van der Waals surface area contributed by atoms with E-state index in [-0.39, 0.29) is 0 Å². The van der Waals surface area contributed by atoms with Gasteiger partial charge in [-0.3, -0.25) is 9.88 Å². The Morgan fingerprint density at radius 2 is 2.14 bits per heavy atom. The van der Waals surface area contributed by atoms with Crippen LogP contribution in [0.25, 0.3) is 0 Å². The standard InChI is InChI=1S/C17H24N4S/c1-12-7-15(20(3)4)8-16(19-12)14-5-6-21(9-14)10-17-13(2)18-11-22-17/h7-8,11,14H,5-6,9-10H2,1-4H3/t14-/m0/s1. The Morgan fingerprint density at radius 1 is 1.32 bits per heavy atom. The van der Waals surface area contributed by atoms with Crippen molar-refractivity contribution in [3.05, 3.63) is 39.6 Å². The zero-order valence-electron chi connectivity index (χ0n) is 13.8. The van der Waals surface area contributed by atoms with Gasteiger partial charge in [-0.1, -0.05) is 0 Å². The number of thiazole rings is 1. The Morgan fingerprint density at radius 3 is 2.82 bits per heavy atom. The van der Waals surface area contributed by atoms with E-state index in [0.29, 0.717) is 5.92 Å². The van der Waals surface area contributed by atoms with Crippen LogP contribution in [-0.2, 0) is 6.54 Å². The van der Waals surface area contributed by atoms with E-state index < -0.39 is 0 Å². The van der Waals surface area contributed by atoms with E-state index in [1.54, 1.807) is 11.3 Å². The van der Waals surface area contributed by atoms with Gasteiger partial charge in [0, 0.05) is 55.1 Å². The average Bonchev–Trinajstić information content (AvgIpc) is 3.09. The molecule has 1 saturated heterocycles. The lowest BCUT2D eigenvalue weighted by atomic mass is 10.0. The van der Waals surface area contributed by atoms with E-state index in [0.717, 1.165) is 25.3 Å². The number of anilines is 1. The lowest BCUT2D eigenvalue weighted by Gasteiger charge is -2.18. The van der Waals surface area contributed by atoms with Crippen molar-refractivity contribution in [3.8, 4) is 0 Å². The number of pyridine rings is 1. The van der Waals surface area contributed by atoms with Gasteiger partial charge in [-0.15, -0.1) is 11.3 Å². The first kappa shape index (κ1) is 15.4. The fourth-order valence-electron chi connectivity index (χ4n) is 3.04. The van der Waals surface area contributed by atoms with Crippen LogP contribution in [0.4, 0.5) is 5.69 Å². The number of rotatable bonds is 4. The Bertz CT molecular complexity index is 650. The lowest BCUT2D eigenvalue weighted by Crippen LogP contribution is -2.20. The molecule has 1 aliphatic heterocycles. The topological polar surface area (TPSA) is 32.3 Å². The SMILES string of the molecule is Cc1cc(N(C)C)cc([C@H]2CCN(Cc3scnc3C)C2)n1. The molecule has 118 valence electrons. The molecule has 4 nitrogen and oxygen atoms in total. The molecule has 0 spiro atoms. The summed E-state index contributed by atoms with van der Waals surface area (Å²) >= 11 is 1.77. The molecule has 22 heavy (non-hydrogen) atoms. The van der Waals surface area contributed by atoms with Crippen LogP contribution < -0.4 is 4.90 Å². The predicted molar refractivity (Wildman–Crippen MR) is 92.8 cm³/mol. The first-order valence-corrected chi connectivity index (χ1v) is 8.68. The fraction of sp³-hybridized carbons (Fsp3) is 0.529. The number of aromatic nitrogens is 2. The third-order valence-corrected chi connectivity index (χ3v) is 5.30. The summed E-state index contributed by atoms with van der Waals surface area (Å²) in [5.74, 6) is 0.548. The molecule has 1 fully saturated rings. The molecule has 3 heterocycles. The van der Waals surface area contributed by atoms with Gasteiger partial charge in [0.25, 0.3) is 0 Å². The van der Waals surface area contributed by atoms with Crippen LogP contribution in [0.15, 0.2) is 17.6 Å². The third-order valence-electron chi connectivity index (χ3n) is 4.38. The highest BCUT2D eigenvalue weighted by Crippen LogP contribution is 2.30. The summed E-state index contributed by atoms with van der Waals surface area (Å²) in [7, 11) is 4.18. The molecule has 0 radical (unpaired) electrons. The molecule has 0 saturated carbocycles. The maximum absolute atomic E-state index is 4.78. The summed E-state index contributed by atoms with van der Waals surface area (Å²) < 4.78 is 0. The second-order valence-electron chi connectivity index (χ2n) is 6.37. The molecule has 0 bridgehead atoms. The van der Waals surface area contributed by atoms with Crippen molar-refractivity contribution in [2.75, 3.05) is 32.1 Å². The number of hydrogen-bond acceptors (Lipinski definition) is 5.